The van der Waals surface area contributed by atoms with E-state index in [4.69, 9.17) is 9.40 Å². The van der Waals surface area contributed by atoms with Gasteiger partial charge in [-0.05, 0) is 49.9 Å². The molecular formula is C23H25N7O3. The van der Waals surface area contributed by atoms with E-state index in [1.165, 1.54) is 25.0 Å². The second kappa shape index (κ2) is 9.27. The van der Waals surface area contributed by atoms with Gasteiger partial charge in [-0.25, -0.2) is 0 Å². The topological polar surface area (TPSA) is 113 Å². The molecule has 0 saturated carbocycles. The highest BCUT2D eigenvalue weighted by atomic mass is 16.6. The van der Waals surface area contributed by atoms with Crippen molar-refractivity contribution in [1.29, 1.82) is 0 Å². The number of nitro benzene ring substituents is 1. The fourth-order valence-electron chi connectivity index (χ4n) is 4.13. The highest BCUT2D eigenvalue weighted by molar-refractivity contribution is 5.78. The van der Waals surface area contributed by atoms with Crippen LogP contribution in [0.3, 0.4) is 0 Å². The number of nitro groups is 1. The Morgan fingerprint density at radius 3 is 2.36 bits per heavy atom. The lowest BCUT2D eigenvalue weighted by Crippen LogP contribution is -2.24. The van der Waals surface area contributed by atoms with Gasteiger partial charge in [0.1, 0.15) is 17.3 Å². The van der Waals surface area contributed by atoms with Crippen LogP contribution in [-0.2, 0) is 0 Å². The number of aromatic nitrogens is 2. The van der Waals surface area contributed by atoms with E-state index in [9.17, 15) is 10.1 Å². The van der Waals surface area contributed by atoms with Gasteiger partial charge in [-0.15, -0.1) is 0 Å². The summed E-state index contributed by atoms with van der Waals surface area (Å²) in [4.78, 5) is 24.4. The number of nitrogens with zero attached hydrogens (tertiary/aromatic N) is 6. The third kappa shape index (κ3) is 4.79. The fraction of sp³-hybridized carbons (Fsp3) is 0.348. The van der Waals surface area contributed by atoms with Crippen molar-refractivity contribution >= 4 is 29.5 Å². The predicted octanol–water partition coefficient (Wildman–Crippen LogP) is 4.29. The Kier molecular flexibility index (Phi) is 5.88. The van der Waals surface area contributed by atoms with Crippen LogP contribution in [0.15, 0.2) is 52.0 Å². The molecule has 0 amide bonds. The maximum Gasteiger partial charge on any atom is 0.269 e. The van der Waals surface area contributed by atoms with Gasteiger partial charge in [0.25, 0.3) is 5.69 Å². The number of rotatable bonds is 7. The van der Waals surface area contributed by atoms with E-state index in [2.05, 4.69) is 25.3 Å². The van der Waals surface area contributed by atoms with Crippen LogP contribution in [0.4, 0.5) is 23.3 Å². The zero-order valence-electron chi connectivity index (χ0n) is 18.2. The van der Waals surface area contributed by atoms with Crippen LogP contribution in [-0.4, -0.2) is 47.3 Å². The molecule has 0 aliphatic carbocycles. The van der Waals surface area contributed by atoms with E-state index in [-0.39, 0.29) is 5.69 Å². The van der Waals surface area contributed by atoms with Crippen molar-refractivity contribution in [3.05, 3.63) is 58.3 Å². The Morgan fingerprint density at radius 2 is 1.67 bits per heavy atom. The first-order chi connectivity index (χ1) is 16.2. The molecule has 2 saturated heterocycles. The van der Waals surface area contributed by atoms with E-state index in [1.54, 1.807) is 24.4 Å². The van der Waals surface area contributed by atoms with Gasteiger partial charge >= 0.3 is 0 Å². The molecule has 5 rings (SSSR count). The molecule has 170 valence electrons. The van der Waals surface area contributed by atoms with Gasteiger partial charge in [0, 0.05) is 49.9 Å². The summed E-state index contributed by atoms with van der Waals surface area (Å²) in [5.74, 6) is 3.49. The van der Waals surface area contributed by atoms with E-state index >= 15 is 0 Å². The summed E-state index contributed by atoms with van der Waals surface area (Å²) in [5, 5.41) is 15.1. The van der Waals surface area contributed by atoms with Gasteiger partial charge in [0.05, 0.1) is 11.1 Å². The normalized spacial score (nSPS) is 16.1. The number of hydrogen-bond acceptors (Lipinski definition) is 9. The molecule has 10 nitrogen and oxygen atoms in total. The van der Waals surface area contributed by atoms with E-state index in [1.807, 2.05) is 12.1 Å². The summed E-state index contributed by atoms with van der Waals surface area (Å²) in [5.41, 5.74) is 3.82. The number of hydrogen-bond donors (Lipinski definition) is 1. The molecule has 0 unspecified atom stereocenters. The maximum atomic E-state index is 10.8. The number of benzene rings is 1. The Balaban J connectivity index is 1.30. The number of anilines is 3. The summed E-state index contributed by atoms with van der Waals surface area (Å²) >= 11 is 0. The molecule has 2 aromatic heterocycles. The minimum atomic E-state index is -0.424. The Hall–Kier alpha value is -3.95. The van der Waals surface area contributed by atoms with Crippen LogP contribution in [0.2, 0.25) is 0 Å². The van der Waals surface area contributed by atoms with Crippen LogP contribution in [0, 0.1) is 10.1 Å². The van der Waals surface area contributed by atoms with Gasteiger partial charge in [0.15, 0.2) is 5.82 Å². The minimum Gasteiger partial charge on any atom is -0.455 e. The van der Waals surface area contributed by atoms with Crippen LogP contribution in [0.1, 0.15) is 31.4 Å². The standard InChI is InChI=1S/C23H25N7O3/c31-30(32)18-7-5-17(6-8-18)20-10-9-19(33-20)16-24-27-21-15-22(28-11-1-2-12-28)26-23(25-21)29-13-3-4-14-29/h5-10,15-16H,1-4,11-14H2,(H,25,26,27)/b24-16-. The molecule has 0 spiro atoms. The third-order valence-corrected chi connectivity index (χ3v) is 5.88. The van der Waals surface area contributed by atoms with Crippen molar-refractivity contribution in [2.24, 2.45) is 5.10 Å². The van der Waals surface area contributed by atoms with Gasteiger partial charge in [0.2, 0.25) is 5.95 Å². The average Bonchev–Trinajstić information content (AvgIpc) is 3.62. The number of nitrogens with one attached hydrogen (secondary N) is 1. The van der Waals surface area contributed by atoms with Crippen LogP contribution >= 0.6 is 0 Å². The lowest BCUT2D eigenvalue weighted by Gasteiger charge is -2.21. The van der Waals surface area contributed by atoms with E-state index in [0.717, 1.165) is 56.4 Å². The third-order valence-electron chi connectivity index (χ3n) is 5.88. The summed E-state index contributed by atoms with van der Waals surface area (Å²) in [6.07, 6.45) is 6.27. The first-order valence-corrected chi connectivity index (χ1v) is 11.2. The first kappa shape index (κ1) is 20.9. The van der Waals surface area contributed by atoms with Crippen LogP contribution in [0.5, 0.6) is 0 Å². The van der Waals surface area contributed by atoms with Gasteiger partial charge in [-0.1, -0.05) is 0 Å². The molecule has 33 heavy (non-hydrogen) atoms. The zero-order chi connectivity index (χ0) is 22.6. The molecular weight excluding hydrogens is 422 g/mol. The molecule has 2 aliphatic heterocycles. The van der Waals surface area contributed by atoms with Gasteiger partial charge in [-0.3, -0.25) is 15.5 Å². The Bertz CT molecular complexity index is 1110. The first-order valence-electron chi connectivity index (χ1n) is 11.2. The molecule has 0 bridgehead atoms. The summed E-state index contributed by atoms with van der Waals surface area (Å²) in [6, 6.07) is 11.8. The van der Waals surface area contributed by atoms with Gasteiger partial charge in [-0.2, -0.15) is 15.1 Å². The quantitative estimate of drug-likeness (QED) is 0.324. The van der Waals surface area contributed by atoms with E-state index in [0.29, 0.717) is 17.3 Å². The largest absolute Gasteiger partial charge is 0.455 e. The predicted molar refractivity (Wildman–Crippen MR) is 127 cm³/mol. The summed E-state index contributed by atoms with van der Waals surface area (Å²) < 4.78 is 5.81. The zero-order valence-corrected chi connectivity index (χ0v) is 18.2. The molecule has 1 aromatic carbocycles. The average molecular weight is 447 g/mol. The summed E-state index contributed by atoms with van der Waals surface area (Å²) in [6.45, 7) is 3.97. The Morgan fingerprint density at radius 1 is 0.970 bits per heavy atom. The molecule has 4 heterocycles. The highest BCUT2D eigenvalue weighted by Gasteiger charge is 2.20. The molecule has 10 heteroatoms. The van der Waals surface area contributed by atoms with Crippen molar-refractivity contribution < 1.29 is 9.34 Å². The lowest BCUT2D eigenvalue weighted by atomic mass is 10.1. The lowest BCUT2D eigenvalue weighted by molar-refractivity contribution is -0.384. The molecule has 2 fully saturated rings. The second-order valence-electron chi connectivity index (χ2n) is 8.18. The van der Waals surface area contributed by atoms with Gasteiger partial charge < -0.3 is 14.2 Å². The van der Waals surface area contributed by atoms with Crippen molar-refractivity contribution in [3.8, 4) is 11.3 Å². The Labute approximate surface area is 191 Å². The molecule has 0 radical (unpaired) electrons. The minimum absolute atomic E-state index is 0.0442. The number of furan rings is 1. The van der Waals surface area contributed by atoms with Crippen LogP contribution < -0.4 is 15.2 Å². The van der Waals surface area contributed by atoms with E-state index < -0.39 is 4.92 Å². The summed E-state index contributed by atoms with van der Waals surface area (Å²) in [7, 11) is 0. The van der Waals surface area contributed by atoms with Crippen molar-refractivity contribution in [1.82, 2.24) is 9.97 Å². The highest BCUT2D eigenvalue weighted by Crippen LogP contribution is 2.26. The van der Waals surface area contributed by atoms with Crippen molar-refractivity contribution in [2.45, 2.75) is 25.7 Å². The monoisotopic (exact) mass is 447 g/mol. The molecule has 2 aliphatic rings. The van der Waals surface area contributed by atoms with Crippen LogP contribution in [0.25, 0.3) is 11.3 Å². The SMILES string of the molecule is O=[N+]([O-])c1ccc(-c2ccc(/C=N\Nc3cc(N4CCCC4)nc(N4CCCC4)n3)o2)cc1. The van der Waals surface area contributed by atoms with Crippen molar-refractivity contribution in [3.63, 3.8) is 0 Å². The second-order valence-corrected chi connectivity index (χ2v) is 8.18. The molecule has 1 N–H and O–H groups in total. The maximum absolute atomic E-state index is 10.8. The number of hydrazone groups is 1. The van der Waals surface area contributed by atoms with Crippen molar-refractivity contribution in [2.75, 3.05) is 41.4 Å². The molecule has 0 atom stereocenters. The fourth-order valence-corrected chi connectivity index (χ4v) is 4.13. The smallest absolute Gasteiger partial charge is 0.269 e. The molecule has 3 aromatic rings. The number of non-ortho nitro benzene ring substituents is 1.